The van der Waals surface area contributed by atoms with Gasteiger partial charge in [-0.15, -0.1) is 0 Å². The number of piperazine rings is 1. The lowest BCUT2D eigenvalue weighted by Gasteiger charge is -2.35. The molecule has 0 N–H and O–H groups in total. The molecule has 28 heavy (non-hydrogen) atoms. The molecule has 2 heterocycles. The van der Waals surface area contributed by atoms with Gasteiger partial charge in [-0.25, -0.2) is 4.39 Å². The Morgan fingerprint density at radius 2 is 1.82 bits per heavy atom. The van der Waals surface area contributed by atoms with Crippen molar-refractivity contribution in [2.45, 2.75) is 19.9 Å². The number of carbonyl (C=O) groups is 1. The van der Waals surface area contributed by atoms with Crippen molar-refractivity contribution in [3.8, 4) is 0 Å². The Balaban J connectivity index is 1.37. The van der Waals surface area contributed by atoms with Gasteiger partial charge in [0, 0.05) is 44.3 Å². The Morgan fingerprint density at radius 1 is 1.07 bits per heavy atom. The average Bonchev–Trinajstić information content (AvgIpc) is 2.70. The van der Waals surface area contributed by atoms with Gasteiger partial charge in [-0.05, 0) is 36.2 Å². The number of fused-ring (bicyclic) bond motifs is 1. The molecule has 3 aromatic rings. The lowest BCUT2D eigenvalue weighted by molar-refractivity contribution is -0.132. The monoisotopic (exact) mass is 377 g/mol. The second kappa shape index (κ2) is 8.07. The molecule has 0 bridgehead atoms. The number of amides is 1. The van der Waals surface area contributed by atoms with Gasteiger partial charge >= 0.3 is 0 Å². The molecule has 144 valence electrons. The van der Waals surface area contributed by atoms with E-state index in [9.17, 15) is 9.18 Å². The number of aromatic nitrogens is 1. The lowest BCUT2D eigenvalue weighted by atomic mass is 10.1. The molecule has 0 saturated carbocycles. The fourth-order valence-corrected chi connectivity index (χ4v) is 3.74. The number of hydrogen-bond donors (Lipinski definition) is 0. The van der Waals surface area contributed by atoms with Gasteiger partial charge in [0.05, 0.1) is 11.9 Å². The van der Waals surface area contributed by atoms with Crippen molar-refractivity contribution in [1.82, 2.24) is 14.8 Å². The summed E-state index contributed by atoms with van der Waals surface area (Å²) in [7, 11) is 0. The van der Waals surface area contributed by atoms with Crippen LogP contribution in [0.5, 0.6) is 0 Å². The van der Waals surface area contributed by atoms with Crippen molar-refractivity contribution in [1.29, 1.82) is 0 Å². The largest absolute Gasteiger partial charge is 0.340 e. The van der Waals surface area contributed by atoms with E-state index >= 15 is 0 Å². The molecule has 5 heteroatoms. The predicted octanol–water partition coefficient (Wildman–Crippen LogP) is 3.57. The maximum absolute atomic E-state index is 14.0. The third-order valence-corrected chi connectivity index (χ3v) is 5.34. The molecular weight excluding hydrogens is 353 g/mol. The minimum atomic E-state index is -0.234. The van der Waals surface area contributed by atoms with E-state index in [1.165, 1.54) is 11.6 Å². The molecular formula is C23H24FN3O. The zero-order valence-corrected chi connectivity index (χ0v) is 16.1. The zero-order valence-electron chi connectivity index (χ0n) is 16.1. The highest BCUT2D eigenvalue weighted by Gasteiger charge is 2.22. The van der Waals surface area contributed by atoms with Crippen LogP contribution in [-0.2, 0) is 17.8 Å². The number of benzene rings is 2. The van der Waals surface area contributed by atoms with Gasteiger partial charge in [0.15, 0.2) is 0 Å². The fraction of sp³-hybridized carbons (Fsp3) is 0.304. The number of rotatable bonds is 4. The second-order valence-corrected chi connectivity index (χ2v) is 7.46. The number of aryl methyl sites for hydroxylation is 1. The maximum atomic E-state index is 14.0. The van der Waals surface area contributed by atoms with Crippen LogP contribution < -0.4 is 0 Å². The van der Waals surface area contributed by atoms with E-state index in [1.807, 2.05) is 48.2 Å². The minimum Gasteiger partial charge on any atom is -0.340 e. The van der Waals surface area contributed by atoms with E-state index in [0.29, 0.717) is 26.1 Å². The van der Waals surface area contributed by atoms with Crippen LogP contribution in [0.3, 0.4) is 0 Å². The Hall–Kier alpha value is -2.79. The van der Waals surface area contributed by atoms with Crippen molar-refractivity contribution < 1.29 is 9.18 Å². The minimum absolute atomic E-state index is 0.168. The van der Waals surface area contributed by atoms with Crippen LogP contribution in [0.25, 0.3) is 10.9 Å². The summed E-state index contributed by atoms with van der Waals surface area (Å²) in [5, 5.41) is 0.824. The van der Waals surface area contributed by atoms with Gasteiger partial charge in [-0.2, -0.15) is 0 Å². The van der Waals surface area contributed by atoms with Crippen molar-refractivity contribution in [3.63, 3.8) is 0 Å². The average molecular weight is 377 g/mol. The van der Waals surface area contributed by atoms with E-state index in [1.54, 1.807) is 12.3 Å². The molecule has 2 aromatic carbocycles. The smallest absolute Gasteiger partial charge is 0.227 e. The number of pyridine rings is 1. The molecule has 0 unspecified atom stereocenters. The van der Waals surface area contributed by atoms with Gasteiger partial charge in [0.2, 0.25) is 5.91 Å². The van der Waals surface area contributed by atoms with E-state index in [2.05, 4.69) is 9.88 Å². The summed E-state index contributed by atoms with van der Waals surface area (Å²) < 4.78 is 14.0. The number of carbonyl (C=O) groups excluding carboxylic acids is 1. The topological polar surface area (TPSA) is 36.4 Å². The molecule has 0 atom stereocenters. The molecule has 4 nitrogen and oxygen atoms in total. The molecule has 0 aliphatic carbocycles. The zero-order chi connectivity index (χ0) is 19.5. The SMILES string of the molecule is Cc1ccc(CC(=O)N2CCN(Cc3cc(F)cc4cccnc34)CC2)cc1. The van der Waals surface area contributed by atoms with E-state index in [0.717, 1.165) is 35.1 Å². The molecule has 0 radical (unpaired) electrons. The lowest BCUT2D eigenvalue weighted by Crippen LogP contribution is -2.48. The van der Waals surface area contributed by atoms with E-state index in [-0.39, 0.29) is 11.7 Å². The van der Waals surface area contributed by atoms with Crippen LogP contribution in [0.1, 0.15) is 16.7 Å². The summed E-state index contributed by atoms with van der Waals surface area (Å²) in [4.78, 5) is 21.2. The molecule has 1 aromatic heterocycles. The maximum Gasteiger partial charge on any atom is 0.227 e. The first kappa shape index (κ1) is 18.6. The highest BCUT2D eigenvalue weighted by Crippen LogP contribution is 2.20. The fourth-order valence-electron chi connectivity index (χ4n) is 3.74. The van der Waals surface area contributed by atoms with Crippen LogP contribution in [0, 0.1) is 12.7 Å². The Labute approximate surface area is 164 Å². The molecule has 4 rings (SSSR count). The first-order valence-electron chi connectivity index (χ1n) is 9.67. The van der Waals surface area contributed by atoms with Gasteiger partial charge in [0.1, 0.15) is 5.82 Å². The van der Waals surface area contributed by atoms with Crippen molar-refractivity contribution >= 4 is 16.8 Å². The second-order valence-electron chi connectivity index (χ2n) is 7.46. The normalized spacial score (nSPS) is 15.1. The molecule has 0 spiro atoms. The van der Waals surface area contributed by atoms with Gasteiger partial charge in [-0.3, -0.25) is 14.7 Å². The molecule has 1 aliphatic heterocycles. The van der Waals surface area contributed by atoms with Gasteiger partial charge in [-0.1, -0.05) is 35.9 Å². The van der Waals surface area contributed by atoms with Gasteiger partial charge in [0.25, 0.3) is 0 Å². The third-order valence-electron chi connectivity index (χ3n) is 5.34. The Bertz CT molecular complexity index is 979. The Kier molecular flexibility index (Phi) is 5.35. The van der Waals surface area contributed by atoms with Crippen molar-refractivity contribution in [3.05, 3.63) is 77.2 Å². The standard InChI is InChI=1S/C23H24FN3O/c1-17-4-6-18(7-5-17)13-22(28)27-11-9-26(10-12-27)16-20-15-21(24)14-19-3-2-8-25-23(19)20/h2-8,14-15H,9-13,16H2,1H3. The summed E-state index contributed by atoms with van der Waals surface area (Å²) in [6, 6.07) is 14.9. The van der Waals surface area contributed by atoms with Crippen LogP contribution in [0.4, 0.5) is 4.39 Å². The number of hydrogen-bond acceptors (Lipinski definition) is 3. The summed E-state index contributed by atoms with van der Waals surface area (Å²) in [6.45, 7) is 5.65. The summed E-state index contributed by atoms with van der Waals surface area (Å²) in [5.74, 6) is -0.0659. The first-order chi connectivity index (χ1) is 13.6. The van der Waals surface area contributed by atoms with Crippen molar-refractivity contribution in [2.75, 3.05) is 26.2 Å². The van der Waals surface area contributed by atoms with Crippen LogP contribution in [0.15, 0.2) is 54.7 Å². The van der Waals surface area contributed by atoms with Crippen LogP contribution in [0.2, 0.25) is 0 Å². The van der Waals surface area contributed by atoms with Crippen LogP contribution in [-0.4, -0.2) is 46.9 Å². The highest BCUT2D eigenvalue weighted by molar-refractivity contribution is 5.81. The van der Waals surface area contributed by atoms with Gasteiger partial charge < -0.3 is 4.90 Å². The van der Waals surface area contributed by atoms with E-state index in [4.69, 9.17) is 0 Å². The Morgan fingerprint density at radius 3 is 2.57 bits per heavy atom. The third kappa shape index (κ3) is 4.20. The highest BCUT2D eigenvalue weighted by atomic mass is 19.1. The predicted molar refractivity (Wildman–Crippen MR) is 108 cm³/mol. The van der Waals surface area contributed by atoms with Crippen molar-refractivity contribution in [2.24, 2.45) is 0 Å². The summed E-state index contributed by atoms with van der Waals surface area (Å²) in [5.41, 5.74) is 4.00. The van der Waals surface area contributed by atoms with E-state index < -0.39 is 0 Å². The molecule has 1 fully saturated rings. The first-order valence-corrected chi connectivity index (χ1v) is 9.67. The molecule has 1 aliphatic rings. The summed E-state index contributed by atoms with van der Waals surface area (Å²) in [6.07, 6.45) is 2.18. The number of halogens is 1. The molecule has 1 amide bonds. The quantitative estimate of drug-likeness (QED) is 0.697. The van der Waals surface area contributed by atoms with Crippen LogP contribution >= 0.6 is 0 Å². The molecule has 1 saturated heterocycles. The number of nitrogens with zero attached hydrogens (tertiary/aromatic N) is 3. The summed E-state index contributed by atoms with van der Waals surface area (Å²) >= 11 is 0.